The Morgan fingerprint density at radius 3 is 2.14 bits per heavy atom. The minimum Gasteiger partial charge on any atom is -0.293 e. The number of carbonyl (C=O) groups excluding carboxylic acids is 1. The normalized spacial score (nSPS) is 32.5. The molecular formula is C21H14O. The van der Waals surface area contributed by atoms with Crippen LogP contribution in [-0.4, -0.2) is 5.78 Å². The van der Waals surface area contributed by atoms with E-state index in [1.54, 1.807) is 0 Å². The molecule has 2 saturated carbocycles. The molecular weight excluding hydrogens is 268 g/mol. The molecule has 1 nitrogen and oxygen atoms in total. The molecule has 2 bridgehead atoms. The summed E-state index contributed by atoms with van der Waals surface area (Å²) >= 11 is 0. The quantitative estimate of drug-likeness (QED) is 0.631. The Kier molecular flexibility index (Phi) is 1.69. The van der Waals surface area contributed by atoms with Crippen LogP contribution < -0.4 is 0 Å². The van der Waals surface area contributed by atoms with E-state index in [4.69, 9.17) is 0 Å². The van der Waals surface area contributed by atoms with Crippen LogP contribution in [0.4, 0.5) is 0 Å². The summed E-state index contributed by atoms with van der Waals surface area (Å²) in [7, 11) is 0. The molecule has 0 saturated heterocycles. The van der Waals surface area contributed by atoms with Crippen molar-refractivity contribution in [2.24, 2.45) is 11.3 Å². The lowest BCUT2D eigenvalue weighted by Gasteiger charge is -2.09. The molecule has 104 valence electrons. The van der Waals surface area contributed by atoms with Crippen molar-refractivity contribution in [1.29, 1.82) is 0 Å². The Balaban J connectivity index is 1.44. The third-order valence-electron chi connectivity index (χ3n) is 6.15. The monoisotopic (exact) mass is 282 g/mol. The highest BCUT2D eigenvalue weighted by Crippen LogP contribution is 2.97. The van der Waals surface area contributed by atoms with E-state index >= 15 is 0 Å². The zero-order valence-electron chi connectivity index (χ0n) is 12.0. The van der Waals surface area contributed by atoms with E-state index in [2.05, 4.69) is 48.5 Å². The van der Waals surface area contributed by atoms with Crippen molar-refractivity contribution in [3.8, 4) is 0 Å². The molecule has 4 aliphatic rings. The summed E-state index contributed by atoms with van der Waals surface area (Å²) in [6, 6.07) is 23.1. The van der Waals surface area contributed by atoms with Gasteiger partial charge in [0, 0.05) is 17.4 Å². The summed E-state index contributed by atoms with van der Waals surface area (Å²) in [5.41, 5.74) is 3.70. The Morgan fingerprint density at radius 1 is 0.773 bits per heavy atom. The first-order valence-corrected chi connectivity index (χ1v) is 7.96. The number of fused-ring (bicyclic) bond motifs is 1. The SMILES string of the molecule is O=C(c1ccc2ccccc2c1)C12C3c4ccccc4C1C32. The maximum absolute atomic E-state index is 13.1. The summed E-state index contributed by atoms with van der Waals surface area (Å²) in [4.78, 5) is 13.1. The molecule has 7 rings (SSSR count). The molecule has 2 fully saturated rings. The fraction of sp³-hybridized carbons (Fsp3) is 0.190. The maximum atomic E-state index is 13.1. The first-order chi connectivity index (χ1) is 10.8. The second-order valence-corrected chi connectivity index (χ2v) is 6.93. The molecule has 2 unspecified atom stereocenters. The average Bonchev–Trinajstić information content (AvgIpc) is 3.35. The number of carbonyl (C=O) groups is 1. The molecule has 4 aliphatic carbocycles. The fourth-order valence-electron chi connectivity index (χ4n) is 5.13. The van der Waals surface area contributed by atoms with Crippen LogP contribution in [0.1, 0.15) is 33.3 Å². The molecule has 0 radical (unpaired) electrons. The minimum absolute atomic E-state index is 0.0633. The second-order valence-electron chi connectivity index (χ2n) is 6.93. The Hall–Kier alpha value is -2.41. The van der Waals surface area contributed by atoms with Crippen molar-refractivity contribution in [3.63, 3.8) is 0 Å². The molecule has 0 aliphatic heterocycles. The van der Waals surface area contributed by atoms with E-state index in [0.29, 0.717) is 23.5 Å². The van der Waals surface area contributed by atoms with Gasteiger partial charge in [-0.15, -0.1) is 0 Å². The molecule has 1 heteroatoms. The first-order valence-electron chi connectivity index (χ1n) is 7.96. The van der Waals surface area contributed by atoms with E-state index in [9.17, 15) is 4.79 Å². The van der Waals surface area contributed by atoms with E-state index < -0.39 is 0 Å². The second kappa shape index (κ2) is 3.33. The third-order valence-corrected chi connectivity index (χ3v) is 6.15. The van der Waals surface area contributed by atoms with Crippen molar-refractivity contribution in [3.05, 3.63) is 83.4 Å². The molecule has 2 atom stereocenters. The van der Waals surface area contributed by atoms with Gasteiger partial charge < -0.3 is 0 Å². The molecule has 3 aromatic carbocycles. The number of benzene rings is 3. The summed E-state index contributed by atoms with van der Waals surface area (Å²) in [5, 5.41) is 2.36. The van der Waals surface area contributed by atoms with E-state index in [1.165, 1.54) is 16.5 Å². The van der Waals surface area contributed by atoms with Crippen molar-refractivity contribution in [1.82, 2.24) is 0 Å². The van der Waals surface area contributed by atoms with E-state index in [1.807, 2.05) is 18.2 Å². The first kappa shape index (κ1) is 11.2. The highest BCUT2D eigenvalue weighted by molar-refractivity contribution is 6.11. The highest BCUT2D eigenvalue weighted by Gasteiger charge is 2.94. The lowest BCUT2D eigenvalue weighted by molar-refractivity contribution is 0.0929. The molecule has 22 heavy (non-hydrogen) atoms. The Morgan fingerprint density at radius 2 is 1.41 bits per heavy atom. The summed E-state index contributed by atoms with van der Waals surface area (Å²) in [5.74, 6) is 1.98. The molecule has 0 amide bonds. The van der Waals surface area contributed by atoms with Gasteiger partial charge in [0.05, 0.1) is 5.41 Å². The van der Waals surface area contributed by atoms with Gasteiger partial charge in [-0.3, -0.25) is 4.79 Å². The number of Topliss-reactive ketones (excluding diaryl/α,β-unsaturated/α-hetero) is 1. The lowest BCUT2D eigenvalue weighted by Crippen LogP contribution is -2.12. The Bertz CT molecular complexity index is 953. The molecule has 0 N–H and O–H groups in total. The number of hydrogen-bond donors (Lipinski definition) is 0. The van der Waals surface area contributed by atoms with Gasteiger partial charge >= 0.3 is 0 Å². The summed E-state index contributed by atoms with van der Waals surface area (Å²) < 4.78 is 0. The van der Waals surface area contributed by atoms with Crippen LogP contribution in [-0.2, 0) is 0 Å². The molecule has 3 aromatic rings. The van der Waals surface area contributed by atoms with Gasteiger partial charge in [0.1, 0.15) is 0 Å². The van der Waals surface area contributed by atoms with Gasteiger partial charge in [-0.2, -0.15) is 0 Å². The minimum atomic E-state index is -0.0633. The summed E-state index contributed by atoms with van der Waals surface area (Å²) in [6.07, 6.45) is 0. The zero-order valence-corrected chi connectivity index (χ0v) is 12.0. The lowest BCUT2D eigenvalue weighted by atomic mass is 9.92. The predicted molar refractivity (Wildman–Crippen MR) is 86.1 cm³/mol. The van der Waals surface area contributed by atoms with Gasteiger partial charge in [-0.1, -0.05) is 60.7 Å². The average molecular weight is 282 g/mol. The van der Waals surface area contributed by atoms with Gasteiger partial charge in [0.15, 0.2) is 5.78 Å². The van der Waals surface area contributed by atoms with Crippen molar-refractivity contribution >= 4 is 16.6 Å². The van der Waals surface area contributed by atoms with E-state index in [-0.39, 0.29) is 5.41 Å². The van der Waals surface area contributed by atoms with Crippen molar-refractivity contribution in [2.75, 3.05) is 0 Å². The standard InChI is InChI=1S/C21H14O/c22-20(14-10-9-12-5-1-2-6-13(12)11-14)21-17-15-7-3-4-8-16(15)18(21)19(17)21/h1-11,17-19H. The molecule has 0 spiro atoms. The third kappa shape index (κ3) is 1.03. The maximum Gasteiger partial charge on any atom is 0.170 e. The van der Waals surface area contributed by atoms with Gasteiger partial charge in [0.25, 0.3) is 0 Å². The van der Waals surface area contributed by atoms with Crippen LogP contribution in [0.3, 0.4) is 0 Å². The van der Waals surface area contributed by atoms with Crippen molar-refractivity contribution in [2.45, 2.75) is 11.8 Å². The number of hydrogen-bond acceptors (Lipinski definition) is 1. The molecule has 0 heterocycles. The van der Waals surface area contributed by atoms with Crippen LogP contribution in [0.15, 0.2) is 66.7 Å². The largest absolute Gasteiger partial charge is 0.293 e. The molecule has 0 aromatic heterocycles. The highest BCUT2D eigenvalue weighted by atomic mass is 16.1. The van der Waals surface area contributed by atoms with Crippen molar-refractivity contribution < 1.29 is 4.79 Å². The van der Waals surface area contributed by atoms with Crippen LogP contribution in [0.5, 0.6) is 0 Å². The van der Waals surface area contributed by atoms with Gasteiger partial charge in [-0.25, -0.2) is 0 Å². The van der Waals surface area contributed by atoms with Crippen LogP contribution in [0.2, 0.25) is 0 Å². The summed E-state index contributed by atoms with van der Waals surface area (Å²) in [6.45, 7) is 0. The van der Waals surface area contributed by atoms with Crippen LogP contribution >= 0.6 is 0 Å². The number of rotatable bonds is 2. The number of ketones is 1. The topological polar surface area (TPSA) is 17.1 Å². The zero-order chi connectivity index (χ0) is 14.5. The van der Waals surface area contributed by atoms with Gasteiger partial charge in [-0.05, 0) is 33.9 Å². The van der Waals surface area contributed by atoms with Gasteiger partial charge in [0.2, 0.25) is 0 Å². The van der Waals surface area contributed by atoms with Crippen LogP contribution in [0.25, 0.3) is 10.8 Å². The smallest absolute Gasteiger partial charge is 0.170 e. The fourth-order valence-corrected chi connectivity index (χ4v) is 5.13. The van der Waals surface area contributed by atoms with Crippen LogP contribution in [0, 0.1) is 11.3 Å². The predicted octanol–water partition coefficient (Wildman–Crippen LogP) is 4.53. The Labute approximate surface area is 128 Å². The van der Waals surface area contributed by atoms with E-state index in [0.717, 1.165) is 10.9 Å².